The first-order chi connectivity index (χ1) is 7.63. The van der Waals surface area contributed by atoms with Gasteiger partial charge in [0.05, 0.1) is 22.3 Å². The van der Waals surface area contributed by atoms with Crippen molar-refractivity contribution < 1.29 is 0 Å². The van der Waals surface area contributed by atoms with Gasteiger partial charge in [-0.2, -0.15) is 5.26 Å². The first kappa shape index (κ1) is 11.3. The van der Waals surface area contributed by atoms with Crippen molar-refractivity contribution in [3.8, 4) is 6.07 Å². The molecule has 3 heteroatoms. The van der Waals surface area contributed by atoms with Crippen molar-refractivity contribution >= 4 is 17.3 Å². The Morgan fingerprint density at radius 3 is 2.75 bits per heavy atom. The highest BCUT2D eigenvalue weighted by Gasteiger charge is 2.31. The van der Waals surface area contributed by atoms with Crippen molar-refractivity contribution in [2.45, 2.75) is 26.2 Å². The number of nitrogens with one attached hydrogen (secondary N) is 1. The lowest BCUT2D eigenvalue weighted by Gasteiger charge is -2.38. The van der Waals surface area contributed by atoms with Gasteiger partial charge < -0.3 is 5.32 Å². The van der Waals surface area contributed by atoms with Gasteiger partial charge in [-0.25, -0.2) is 0 Å². The monoisotopic (exact) mass is 234 g/mol. The third-order valence-electron chi connectivity index (χ3n) is 3.36. The Morgan fingerprint density at radius 2 is 2.25 bits per heavy atom. The molecule has 0 amide bonds. The van der Waals surface area contributed by atoms with E-state index in [1.165, 1.54) is 19.3 Å². The minimum atomic E-state index is 0.428. The maximum Gasteiger partial charge on any atom is 0.0992 e. The molecule has 1 aliphatic carbocycles. The molecule has 1 N–H and O–H groups in total. The Labute approximate surface area is 101 Å². The molecule has 2 nitrogen and oxygen atoms in total. The fraction of sp³-hybridized carbons (Fsp3) is 0.462. The van der Waals surface area contributed by atoms with E-state index in [2.05, 4.69) is 18.3 Å². The second-order valence-electron chi connectivity index (χ2n) is 4.82. The number of hydrogen-bond donors (Lipinski definition) is 1. The van der Waals surface area contributed by atoms with E-state index in [0.717, 1.165) is 12.2 Å². The molecule has 0 aliphatic heterocycles. The smallest absolute Gasteiger partial charge is 0.0992 e. The number of halogens is 1. The summed E-state index contributed by atoms with van der Waals surface area (Å²) < 4.78 is 0. The minimum Gasteiger partial charge on any atom is -0.383 e. The topological polar surface area (TPSA) is 35.8 Å². The van der Waals surface area contributed by atoms with Crippen molar-refractivity contribution in [3.05, 3.63) is 28.8 Å². The fourth-order valence-corrected chi connectivity index (χ4v) is 2.24. The van der Waals surface area contributed by atoms with Crippen LogP contribution < -0.4 is 5.32 Å². The van der Waals surface area contributed by atoms with E-state index in [1.54, 1.807) is 12.1 Å². The van der Waals surface area contributed by atoms with Gasteiger partial charge in [-0.1, -0.05) is 24.9 Å². The number of rotatable bonds is 3. The van der Waals surface area contributed by atoms with Crippen molar-refractivity contribution in [1.82, 2.24) is 0 Å². The van der Waals surface area contributed by atoms with Crippen LogP contribution in [0.1, 0.15) is 31.7 Å². The van der Waals surface area contributed by atoms with Crippen molar-refractivity contribution in [1.29, 1.82) is 5.26 Å². The number of benzene rings is 1. The summed E-state index contributed by atoms with van der Waals surface area (Å²) >= 11 is 6.08. The van der Waals surface area contributed by atoms with E-state index < -0.39 is 0 Å². The third kappa shape index (κ3) is 2.31. The van der Waals surface area contributed by atoms with Gasteiger partial charge >= 0.3 is 0 Å². The largest absolute Gasteiger partial charge is 0.383 e. The second-order valence-corrected chi connectivity index (χ2v) is 5.23. The lowest BCUT2D eigenvalue weighted by atomic mass is 9.70. The molecule has 0 bridgehead atoms. The molecule has 0 radical (unpaired) electrons. The molecule has 84 valence electrons. The summed E-state index contributed by atoms with van der Waals surface area (Å²) in [4.78, 5) is 0. The fourth-order valence-electron chi connectivity index (χ4n) is 1.99. The third-order valence-corrected chi connectivity index (χ3v) is 3.68. The van der Waals surface area contributed by atoms with Crippen molar-refractivity contribution in [2.75, 3.05) is 11.9 Å². The first-order valence-electron chi connectivity index (χ1n) is 5.56. The van der Waals surface area contributed by atoms with Crippen LogP contribution in [0.5, 0.6) is 0 Å². The quantitative estimate of drug-likeness (QED) is 0.863. The van der Waals surface area contributed by atoms with Crippen LogP contribution in [0.15, 0.2) is 18.2 Å². The van der Waals surface area contributed by atoms with Crippen molar-refractivity contribution in [2.24, 2.45) is 5.41 Å². The summed E-state index contributed by atoms with van der Waals surface area (Å²) in [6.45, 7) is 3.25. The number of hydrogen-bond acceptors (Lipinski definition) is 2. The van der Waals surface area contributed by atoms with Crippen LogP contribution in [0, 0.1) is 16.7 Å². The summed E-state index contributed by atoms with van der Waals surface area (Å²) in [5.41, 5.74) is 1.95. The van der Waals surface area contributed by atoms with Crippen LogP contribution >= 0.6 is 11.6 Å². The zero-order valence-electron chi connectivity index (χ0n) is 9.39. The van der Waals surface area contributed by atoms with Gasteiger partial charge in [-0.3, -0.25) is 0 Å². The summed E-state index contributed by atoms with van der Waals surface area (Å²) in [6, 6.07) is 7.45. The van der Waals surface area contributed by atoms with Gasteiger partial charge in [0.2, 0.25) is 0 Å². The van der Waals surface area contributed by atoms with E-state index in [9.17, 15) is 0 Å². The van der Waals surface area contributed by atoms with Crippen LogP contribution in [0.3, 0.4) is 0 Å². The Bertz CT molecular complexity index is 430. The summed E-state index contributed by atoms with van der Waals surface area (Å²) in [7, 11) is 0. The van der Waals surface area contributed by atoms with Crippen LogP contribution in [0.25, 0.3) is 0 Å². The zero-order chi connectivity index (χ0) is 11.6. The lowest BCUT2D eigenvalue weighted by molar-refractivity contribution is 0.180. The van der Waals surface area contributed by atoms with Gasteiger partial charge in [0, 0.05) is 6.54 Å². The molecule has 1 aromatic carbocycles. The maximum absolute atomic E-state index is 8.73. The highest BCUT2D eigenvalue weighted by atomic mass is 35.5. The molecule has 1 saturated carbocycles. The predicted molar refractivity (Wildman–Crippen MR) is 66.6 cm³/mol. The molecule has 0 unspecified atom stereocenters. The SMILES string of the molecule is CC1(CNc2ccc(C#N)cc2Cl)CCC1. The van der Waals surface area contributed by atoms with Gasteiger partial charge in [-0.05, 0) is 36.5 Å². The molecule has 0 spiro atoms. The van der Waals surface area contributed by atoms with Crippen molar-refractivity contribution in [3.63, 3.8) is 0 Å². The average molecular weight is 235 g/mol. The molecule has 2 rings (SSSR count). The lowest BCUT2D eigenvalue weighted by Crippen LogP contribution is -2.33. The van der Waals surface area contributed by atoms with E-state index in [-0.39, 0.29) is 0 Å². The Kier molecular flexibility index (Phi) is 3.07. The van der Waals surface area contributed by atoms with Crippen LogP contribution in [-0.2, 0) is 0 Å². The van der Waals surface area contributed by atoms with Crippen LogP contribution in [0.2, 0.25) is 5.02 Å². The number of anilines is 1. The standard InChI is InChI=1S/C13H15ClN2/c1-13(5-2-6-13)9-16-12-4-3-10(8-15)7-11(12)14/h3-4,7,16H,2,5-6,9H2,1H3. The molecular formula is C13H15ClN2. The number of nitriles is 1. The van der Waals surface area contributed by atoms with Gasteiger partial charge in [0.1, 0.15) is 0 Å². The Morgan fingerprint density at radius 1 is 1.50 bits per heavy atom. The second kappa shape index (κ2) is 4.35. The molecule has 0 aromatic heterocycles. The summed E-state index contributed by atoms with van der Waals surface area (Å²) in [6.07, 6.45) is 3.90. The van der Waals surface area contributed by atoms with Gasteiger partial charge in [0.25, 0.3) is 0 Å². The average Bonchev–Trinajstić information content (AvgIpc) is 2.25. The zero-order valence-corrected chi connectivity index (χ0v) is 10.1. The van der Waals surface area contributed by atoms with E-state index >= 15 is 0 Å². The van der Waals surface area contributed by atoms with Gasteiger partial charge in [0.15, 0.2) is 0 Å². The van der Waals surface area contributed by atoms with Crippen LogP contribution in [-0.4, -0.2) is 6.54 Å². The predicted octanol–water partition coefficient (Wildman–Crippen LogP) is 3.81. The molecule has 0 heterocycles. The number of nitrogens with zero attached hydrogens (tertiary/aromatic N) is 1. The molecule has 1 fully saturated rings. The Hall–Kier alpha value is -1.20. The maximum atomic E-state index is 8.73. The molecular weight excluding hydrogens is 220 g/mol. The summed E-state index contributed by atoms with van der Waals surface area (Å²) in [5.74, 6) is 0. The van der Waals surface area contributed by atoms with Crippen LogP contribution in [0.4, 0.5) is 5.69 Å². The molecule has 0 atom stereocenters. The first-order valence-corrected chi connectivity index (χ1v) is 5.94. The highest BCUT2D eigenvalue weighted by molar-refractivity contribution is 6.33. The molecule has 1 aliphatic rings. The molecule has 16 heavy (non-hydrogen) atoms. The van der Waals surface area contributed by atoms with Gasteiger partial charge in [-0.15, -0.1) is 0 Å². The van der Waals surface area contributed by atoms with E-state index in [0.29, 0.717) is 16.0 Å². The Balaban J connectivity index is 2.02. The molecule has 1 aromatic rings. The highest BCUT2D eigenvalue weighted by Crippen LogP contribution is 2.40. The summed E-state index contributed by atoms with van der Waals surface area (Å²) in [5, 5.41) is 12.7. The van der Waals surface area contributed by atoms with E-state index in [4.69, 9.17) is 16.9 Å². The normalized spacial score (nSPS) is 17.3. The minimum absolute atomic E-state index is 0.428. The van der Waals surface area contributed by atoms with E-state index in [1.807, 2.05) is 6.07 Å². The molecule has 0 saturated heterocycles.